The highest BCUT2D eigenvalue weighted by atomic mass is 16.5. The van der Waals surface area contributed by atoms with Crippen LogP contribution in [0.5, 0.6) is 0 Å². The number of hydrogen-bond acceptors (Lipinski definition) is 4. The van der Waals surface area contributed by atoms with Gasteiger partial charge in [-0.3, -0.25) is 14.4 Å². The molecule has 0 bridgehead atoms. The number of ether oxygens (including phenoxy) is 1. The Morgan fingerprint density at radius 3 is 2.45 bits per heavy atom. The van der Waals surface area contributed by atoms with Crippen molar-refractivity contribution in [3.63, 3.8) is 0 Å². The topological polar surface area (TPSA) is 84.5 Å². The van der Waals surface area contributed by atoms with Crippen molar-refractivity contribution >= 4 is 18.1 Å². The highest BCUT2D eigenvalue weighted by Gasteiger charge is 2.18. The first kappa shape index (κ1) is 15.8. The van der Waals surface area contributed by atoms with Gasteiger partial charge in [0.05, 0.1) is 6.61 Å². The fourth-order valence-electron chi connectivity index (χ4n) is 1.62. The van der Waals surface area contributed by atoms with Crippen molar-refractivity contribution in [2.75, 3.05) is 13.7 Å². The summed E-state index contributed by atoms with van der Waals surface area (Å²) in [7, 11) is 1.46. The summed E-state index contributed by atoms with van der Waals surface area (Å²) in [6, 6.07) is 6.15. The van der Waals surface area contributed by atoms with E-state index in [4.69, 9.17) is 4.74 Å². The predicted molar refractivity (Wildman–Crippen MR) is 73.2 cm³/mol. The van der Waals surface area contributed by atoms with E-state index in [9.17, 15) is 14.4 Å². The molecular formula is C14H18N2O4. The van der Waals surface area contributed by atoms with Gasteiger partial charge in [-0.2, -0.15) is 0 Å². The SMILES string of the molecule is COC[C@@H](NC(C)=O)C(=O)NCc1ccc(C=O)cc1. The Balaban J connectivity index is 2.54. The highest BCUT2D eigenvalue weighted by molar-refractivity contribution is 5.86. The van der Waals surface area contributed by atoms with Gasteiger partial charge >= 0.3 is 0 Å². The smallest absolute Gasteiger partial charge is 0.245 e. The summed E-state index contributed by atoms with van der Waals surface area (Å²) in [6.07, 6.45) is 0.758. The molecule has 0 spiro atoms. The van der Waals surface area contributed by atoms with Crippen LogP contribution in [-0.2, 0) is 20.9 Å². The quantitative estimate of drug-likeness (QED) is 0.701. The van der Waals surface area contributed by atoms with Crippen LogP contribution in [-0.4, -0.2) is 37.9 Å². The number of carbonyl (C=O) groups excluding carboxylic acids is 3. The number of rotatable bonds is 7. The molecular weight excluding hydrogens is 260 g/mol. The molecule has 0 aliphatic rings. The lowest BCUT2D eigenvalue weighted by Gasteiger charge is -2.16. The third-order valence-electron chi connectivity index (χ3n) is 2.61. The van der Waals surface area contributed by atoms with Crippen LogP contribution >= 0.6 is 0 Å². The summed E-state index contributed by atoms with van der Waals surface area (Å²) >= 11 is 0. The first-order chi connectivity index (χ1) is 9.56. The Morgan fingerprint density at radius 1 is 1.30 bits per heavy atom. The zero-order valence-corrected chi connectivity index (χ0v) is 11.5. The van der Waals surface area contributed by atoms with Crippen LogP contribution < -0.4 is 10.6 Å². The molecule has 1 atom stereocenters. The lowest BCUT2D eigenvalue weighted by Crippen LogP contribution is -2.48. The van der Waals surface area contributed by atoms with E-state index in [0.29, 0.717) is 12.1 Å². The maximum atomic E-state index is 11.9. The van der Waals surface area contributed by atoms with Gasteiger partial charge in [0.2, 0.25) is 11.8 Å². The number of amides is 2. The lowest BCUT2D eigenvalue weighted by molar-refractivity contribution is -0.129. The van der Waals surface area contributed by atoms with Gasteiger partial charge in [0.1, 0.15) is 12.3 Å². The molecule has 2 amide bonds. The van der Waals surface area contributed by atoms with Crippen molar-refractivity contribution in [3.8, 4) is 0 Å². The number of benzene rings is 1. The summed E-state index contributed by atoms with van der Waals surface area (Å²) < 4.78 is 4.89. The highest BCUT2D eigenvalue weighted by Crippen LogP contribution is 2.02. The molecule has 1 aromatic rings. The molecule has 1 aromatic carbocycles. The van der Waals surface area contributed by atoms with Crippen LogP contribution in [0.15, 0.2) is 24.3 Å². The van der Waals surface area contributed by atoms with Gasteiger partial charge in [-0.1, -0.05) is 24.3 Å². The molecule has 6 nitrogen and oxygen atoms in total. The van der Waals surface area contributed by atoms with E-state index in [1.165, 1.54) is 14.0 Å². The average molecular weight is 278 g/mol. The Labute approximate surface area is 117 Å². The molecule has 0 fully saturated rings. The number of hydrogen-bond donors (Lipinski definition) is 2. The summed E-state index contributed by atoms with van der Waals surface area (Å²) in [5.41, 5.74) is 1.44. The third-order valence-corrected chi connectivity index (χ3v) is 2.61. The minimum Gasteiger partial charge on any atom is -0.382 e. The molecule has 0 aliphatic carbocycles. The first-order valence-electron chi connectivity index (χ1n) is 6.14. The number of methoxy groups -OCH3 is 1. The molecule has 20 heavy (non-hydrogen) atoms. The van der Waals surface area contributed by atoms with E-state index < -0.39 is 6.04 Å². The molecule has 1 rings (SSSR count). The maximum Gasteiger partial charge on any atom is 0.245 e. The van der Waals surface area contributed by atoms with E-state index >= 15 is 0 Å². The number of aldehydes is 1. The second kappa shape index (κ2) is 8.06. The van der Waals surface area contributed by atoms with Crippen LogP contribution in [0.2, 0.25) is 0 Å². The molecule has 2 N–H and O–H groups in total. The van der Waals surface area contributed by atoms with E-state index in [1.807, 2.05) is 0 Å². The standard InChI is InChI=1S/C14H18N2O4/c1-10(18)16-13(9-20-2)14(19)15-7-11-3-5-12(8-17)6-4-11/h3-6,8,13H,7,9H2,1-2H3,(H,15,19)(H,16,18)/t13-/m1/s1. The van der Waals surface area contributed by atoms with Crippen molar-refractivity contribution in [2.24, 2.45) is 0 Å². The van der Waals surface area contributed by atoms with Gasteiger partial charge in [0.15, 0.2) is 0 Å². The minimum atomic E-state index is -0.716. The molecule has 0 aliphatic heterocycles. The fourth-order valence-corrected chi connectivity index (χ4v) is 1.62. The summed E-state index contributed by atoms with van der Waals surface area (Å²) in [6.45, 7) is 1.77. The molecule has 0 saturated heterocycles. The molecule has 0 radical (unpaired) electrons. The summed E-state index contributed by atoms with van der Waals surface area (Å²) in [4.78, 5) is 33.4. The third kappa shape index (κ3) is 5.19. The second-order valence-corrected chi connectivity index (χ2v) is 4.29. The summed E-state index contributed by atoms with van der Waals surface area (Å²) in [5, 5.41) is 5.22. The minimum absolute atomic E-state index is 0.107. The van der Waals surface area contributed by atoms with E-state index in [-0.39, 0.29) is 18.4 Å². The normalized spacial score (nSPS) is 11.5. The predicted octanol–water partition coefficient (Wildman–Crippen LogP) is 0.266. The van der Waals surface area contributed by atoms with Crippen molar-refractivity contribution in [3.05, 3.63) is 35.4 Å². The van der Waals surface area contributed by atoms with Crippen LogP contribution in [0, 0.1) is 0 Å². The Kier molecular flexibility index (Phi) is 6.39. The van der Waals surface area contributed by atoms with Crippen LogP contribution in [0.4, 0.5) is 0 Å². The first-order valence-corrected chi connectivity index (χ1v) is 6.14. The maximum absolute atomic E-state index is 11.9. The molecule has 0 saturated carbocycles. The molecule has 6 heteroatoms. The Bertz CT molecular complexity index is 471. The molecule has 0 heterocycles. The van der Waals surface area contributed by atoms with Crippen LogP contribution in [0.3, 0.4) is 0 Å². The second-order valence-electron chi connectivity index (χ2n) is 4.29. The van der Waals surface area contributed by atoms with Crippen molar-refractivity contribution < 1.29 is 19.1 Å². The Morgan fingerprint density at radius 2 is 1.95 bits per heavy atom. The number of carbonyl (C=O) groups is 3. The largest absolute Gasteiger partial charge is 0.382 e. The van der Waals surface area contributed by atoms with E-state index in [2.05, 4.69) is 10.6 Å². The molecule has 0 unspecified atom stereocenters. The zero-order chi connectivity index (χ0) is 15.0. The number of nitrogens with one attached hydrogen (secondary N) is 2. The van der Waals surface area contributed by atoms with Crippen LogP contribution in [0.1, 0.15) is 22.8 Å². The lowest BCUT2D eigenvalue weighted by atomic mass is 10.1. The van der Waals surface area contributed by atoms with Gasteiger partial charge < -0.3 is 15.4 Å². The van der Waals surface area contributed by atoms with E-state index in [1.54, 1.807) is 24.3 Å². The van der Waals surface area contributed by atoms with Gasteiger partial charge in [0.25, 0.3) is 0 Å². The Hall–Kier alpha value is -2.21. The van der Waals surface area contributed by atoms with Crippen molar-refractivity contribution in [2.45, 2.75) is 19.5 Å². The van der Waals surface area contributed by atoms with Gasteiger partial charge in [-0.15, -0.1) is 0 Å². The zero-order valence-electron chi connectivity index (χ0n) is 11.5. The van der Waals surface area contributed by atoms with Gasteiger partial charge in [-0.05, 0) is 5.56 Å². The summed E-state index contributed by atoms with van der Waals surface area (Å²) in [5.74, 6) is -0.612. The van der Waals surface area contributed by atoms with Crippen molar-refractivity contribution in [1.29, 1.82) is 0 Å². The molecule has 108 valence electrons. The molecule has 0 aromatic heterocycles. The monoisotopic (exact) mass is 278 g/mol. The van der Waals surface area contributed by atoms with E-state index in [0.717, 1.165) is 11.8 Å². The van der Waals surface area contributed by atoms with Gasteiger partial charge in [0, 0.05) is 26.1 Å². The fraction of sp³-hybridized carbons (Fsp3) is 0.357. The van der Waals surface area contributed by atoms with Crippen LogP contribution in [0.25, 0.3) is 0 Å². The van der Waals surface area contributed by atoms with Crippen molar-refractivity contribution in [1.82, 2.24) is 10.6 Å². The average Bonchev–Trinajstić information content (AvgIpc) is 2.44. The van der Waals surface area contributed by atoms with Gasteiger partial charge in [-0.25, -0.2) is 0 Å².